The topological polar surface area (TPSA) is 74.1 Å². The summed E-state index contributed by atoms with van der Waals surface area (Å²) >= 11 is 1.43. The van der Waals surface area contributed by atoms with E-state index in [1.54, 1.807) is 26.8 Å². The van der Waals surface area contributed by atoms with E-state index in [9.17, 15) is 14.4 Å². The van der Waals surface area contributed by atoms with Crippen molar-refractivity contribution in [3.05, 3.63) is 124 Å². The minimum atomic E-state index is -0.169. The Bertz CT molecular complexity index is 1620. The maximum Gasteiger partial charge on any atom is 0.289 e. The molecule has 0 N–H and O–H groups in total. The third kappa shape index (κ3) is 5.69. The summed E-state index contributed by atoms with van der Waals surface area (Å²) in [5.74, 6) is -0.0763. The van der Waals surface area contributed by atoms with Crippen LogP contribution in [0.4, 0.5) is 5.69 Å². The number of piperazine rings is 1. The summed E-state index contributed by atoms with van der Waals surface area (Å²) in [4.78, 5) is 46.8. The summed E-state index contributed by atoms with van der Waals surface area (Å²) in [6.07, 6.45) is 3.40. The monoisotopic (exact) mass is 563 g/mol. The lowest BCUT2D eigenvalue weighted by Gasteiger charge is -2.35. The number of hydrogen-bond donors (Lipinski definition) is 0. The molecule has 1 aromatic heterocycles. The Labute approximate surface area is 243 Å². The predicted octanol–water partition coefficient (Wildman–Crippen LogP) is 5.87. The fourth-order valence-corrected chi connectivity index (χ4v) is 6.18. The Morgan fingerprint density at radius 1 is 0.854 bits per heavy atom. The molecule has 2 aliphatic rings. The summed E-state index contributed by atoms with van der Waals surface area (Å²) < 4.78 is 5.24. The number of furan rings is 1. The largest absolute Gasteiger partial charge is 0.459 e. The number of fused-ring (bicyclic) bond motifs is 1. The van der Waals surface area contributed by atoms with Gasteiger partial charge in [-0.3, -0.25) is 14.4 Å². The van der Waals surface area contributed by atoms with Crippen LogP contribution in [0.25, 0.3) is 6.08 Å². The molecule has 0 aliphatic carbocycles. The molecule has 1 fully saturated rings. The fourth-order valence-electron chi connectivity index (χ4n) is 5.15. The van der Waals surface area contributed by atoms with E-state index in [-0.39, 0.29) is 17.7 Å². The Kier molecular flexibility index (Phi) is 7.48. The van der Waals surface area contributed by atoms with Crippen molar-refractivity contribution in [1.29, 1.82) is 0 Å². The number of hydrogen-bond acceptors (Lipinski definition) is 5. The average molecular weight is 564 g/mol. The van der Waals surface area contributed by atoms with Crippen molar-refractivity contribution >= 4 is 41.2 Å². The molecule has 0 radical (unpaired) electrons. The molecule has 3 amide bonds. The molecule has 41 heavy (non-hydrogen) atoms. The van der Waals surface area contributed by atoms with E-state index in [1.807, 2.05) is 79.7 Å². The third-order valence-corrected chi connectivity index (χ3v) is 8.36. The maximum atomic E-state index is 13.9. The molecule has 3 aromatic carbocycles. The van der Waals surface area contributed by atoms with Gasteiger partial charge in [-0.2, -0.15) is 0 Å². The van der Waals surface area contributed by atoms with Gasteiger partial charge in [0.05, 0.1) is 23.4 Å². The van der Waals surface area contributed by atoms with Crippen LogP contribution in [0, 0.1) is 6.92 Å². The first-order chi connectivity index (χ1) is 20.0. The van der Waals surface area contributed by atoms with Crippen LogP contribution in [0.5, 0.6) is 0 Å². The van der Waals surface area contributed by atoms with Crippen LogP contribution in [-0.2, 0) is 11.3 Å². The van der Waals surface area contributed by atoms with E-state index in [2.05, 4.69) is 6.07 Å². The van der Waals surface area contributed by atoms with Crippen molar-refractivity contribution in [2.45, 2.75) is 18.4 Å². The molecule has 8 heteroatoms. The normalized spacial score (nSPS) is 16.2. The number of carbonyl (C=O) groups excluding carboxylic acids is 3. The summed E-state index contributed by atoms with van der Waals surface area (Å²) in [6.45, 7) is 4.13. The summed E-state index contributed by atoms with van der Waals surface area (Å²) in [6, 6.07) is 26.9. The maximum absolute atomic E-state index is 13.9. The molecule has 7 nitrogen and oxygen atoms in total. The zero-order chi connectivity index (χ0) is 28.3. The van der Waals surface area contributed by atoms with Gasteiger partial charge >= 0.3 is 0 Å². The van der Waals surface area contributed by atoms with Crippen molar-refractivity contribution in [2.75, 3.05) is 31.1 Å². The van der Waals surface area contributed by atoms with Gasteiger partial charge in [-0.25, -0.2) is 0 Å². The second-order valence-corrected chi connectivity index (χ2v) is 11.2. The minimum Gasteiger partial charge on any atom is -0.459 e. The Hall–Kier alpha value is -4.56. The number of thioether (sulfide) groups is 1. The van der Waals surface area contributed by atoms with Crippen LogP contribution < -0.4 is 4.90 Å². The first-order valence-corrected chi connectivity index (χ1v) is 14.4. The SMILES string of the molecule is Cc1cccc(CN2C(=O)C(=Cc3ccccc3)Sc3ccc(C(=O)N4CCN(C(=O)c5ccco5)CC4)cc32)c1. The quantitative estimate of drug-likeness (QED) is 0.284. The summed E-state index contributed by atoms with van der Waals surface area (Å²) in [5.41, 5.74) is 4.34. The number of nitrogens with zero attached hydrogens (tertiary/aromatic N) is 3. The first-order valence-electron chi connectivity index (χ1n) is 13.5. The zero-order valence-corrected chi connectivity index (χ0v) is 23.5. The Morgan fingerprint density at radius 2 is 1.61 bits per heavy atom. The highest BCUT2D eigenvalue weighted by Gasteiger charge is 2.32. The predicted molar refractivity (Wildman–Crippen MR) is 160 cm³/mol. The second-order valence-electron chi connectivity index (χ2n) is 10.1. The Balaban J connectivity index is 1.26. The summed E-state index contributed by atoms with van der Waals surface area (Å²) in [5, 5.41) is 0. The minimum absolute atomic E-state index is 0.0949. The van der Waals surface area contributed by atoms with Gasteiger partial charge in [-0.05, 0) is 54.5 Å². The van der Waals surface area contributed by atoms with E-state index in [0.717, 1.165) is 27.3 Å². The standard InChI is InChI=1S/C33H29N3O4S/c1-23-7-5-10-25(19-23)22-36-27-21-26(12-13-29(27)41-30(33(36)39)20-24-8-3-2-4-9-24)31(37)34-14-16-35(17-15-34)32(38)28-11-6-18-40-28/h2-13,18-21H,14-17,22H2,1H3. The lowest BCUT2D eigenvalue weighted by Crippen LogP contribution is -2.50. The molecule has 0 atom stereocenters. The van der Waals surface area contributed by atoms with E-state index in [0.29, 0.717) is 49.0 Å². The lowest BCUT2D eigenvalue weighted by atomic mass is 10.1. The van der Waals surface area contributed by atoms with Crippen LogP contribution in [0.1, 0.15) is 37.6 Å². The summed E-state index contributed by atoms with van der Waals surface area (Å²) in [7, 11) is 0. The van der Waals surface area contributed by atoms with Gasteiger partial charge in [-0.1, -0.05) is 71.9 Å². The van der Waals surface area contributed by atoms with E-state index in [1.165, 1.54) is 18.0 Å². The average Bonchev–Trinajstić information content (AvgIpc) is 3.54. The highest BCUT2D eigenvalue weighted by atomic mass is 32.2. The van der Waals surface area contributed by atoms with Gasteiger partial charge < -0.3 is 19.1 Å². The molecule has 0 unspecified atom stereocenters. The van der Waals surface area contributed by atoms with Gasteiger partial charge in [0.1, 0.15) is 0 Å². The molecule has 4 aromatic rings. The van der Waals surface area contributed by atoms with Crippen LogP contribution in [0.15, 0.2) is 105 Å². The Morgan fingerprint density at radius 3 is 2.32 bits per heavy atom. The van der Waals surface area contributed by atoms with E-state index in [4.69, 9.17) is 4.42 Å². The highest BCUT2D eigenvalue weighted by Crippen LogP contribution is 2.43. The number of rotatable bonds is 5. The van der Waals surface area contributed by atoms with Crippen molar-refractivity contribution in [3.63, 3.8) is 0 Å². The lowest BCUT2D eigenvalue weighted by molar-refractivity contribution is -0.114. The van der Waals surface area contributed by atoms with Gasteiger partial charge in [0.15, 0.2) is 5.76 Å². The molecule has 206 valence electrons. The van der Waals surface area contributed by atoms with Crippen molar-refractivity contribution in [3.8, 4) is 0 Å². The first kappa shape index (κ1) is 26.7. The number of carbonyl (C=O) groups is 3. The van der Waals surface area contributed by atoms with Crippen molar-refractivity contribution in [1.82, 2.24) is 9.80 Å². The third-order valence-electron chi connectivity index (χ3n) is 7.28. The molecular formula is C33H29N3O4S. The van der Waals surface area contributed by atoms with Gasteiger partial charge in [0.25, 0.3) is 17.7 Å². The molecular weight excluding hydrogens is 534 g/mol. The number of benzene rings is 3. The zero-order valence-electron chi connectivity index (χ0n) is 22.7. The van der Waals surface area contributed by atoms with Gasteiger partial charge in [0, 0.05) is 36.6 Å². The van der Waals surface area contributed by atoms with Crippen LogP contribution in [0.2, 0.25) is 0 Å². The number of amides is 3. The van der Waals surface area contributed by atoms with Gasteiger partial charge in [-0.15, -0.1) is 0 Å². The van der Waals surface area contributed by atoms with Crippen LogP contribution in [0.3, 0.4) is 0 Å². The van der Waals surface area contributed by atoms with Crippen molar-refractivity contribution in [2.24, 2.45) is 0 Å². The molecule has 1 saturated heterocycles. The highest BCUT2D eigenvalue weighted by molar-refractivity contribution is 8.04. The fraction of sp³-hybridized carbons (Fsp3) is 0.182. The number of anilines is 1. The molecule has 6 rings (SSSR count). The van der Waals surface area contributed by atoms with Gasteiger partial charge in [0.2, 0.25) is 0 Å². The van der Waals surface area contributed by atoms with Crippen molar-refractivity contribution < 1.29 is 18.8 Å². The molecule has 0 saturated carbocycles. The van der Waals surface area contributed by atoms with Crippen LogP contribution >= 0.6 is 11.8 Å². The number of aryl methyl sites for hydroxylation is 1. The van der Waals surface area contributed by atoms with Crippen LogP contribution in [-0.4, -0.2) is 53.7 Å². The smallest absolute Gasteiger partial charge is 0.289 e. The van der Waals surface area contributed by atoms with E-state index < -0.39 is 0 Å². The second kappa shape index (κ2) is 11.5. The molecule has 0 spiro atoms. The molecule has 2 aliphatic heterocycles. The molecule has 0 bridgehead atoms. The molecule has 3 heterocycles. The van der Waals surface area contributed by atoms with E-state index >= 15 is 0 Å².